The van der Waals surface area contributed by atoms with Crippen LogP contribution in [0.1, 0.15) is 22.9 Å². The summed E-state index contributed by atoms with van der Waals surface area (Å²) < 4.78 is 34.1. The van der Waals surface area contributed by atoms with Crippen LogP contribution in [-0.4, -0.2) is 7.05 Å². The van der Waals surface area contributed by atoms with Gasteiger partial charge in [0.15, 0.2) is 0 Å². The minimum Gasteiger partial charge on any atom is -0.459 e. The number of para-hydroxylation sites is 1. The summed E-state index contributed by atoms with van der Waals surface area (Å²) in [6, 6.07) is 11.3. The second kappa shape index (κ2) is 5.30. The molecule has 21 heavy (non-hydrogen) atoms. The van der Waals surface area contributed by atoms with Gasteiger partial charge in [0.2, 0.25) is 0 Å². The van der Waals surface area contributed by atoms with Crippen LogP contribution in [0.5, 0.6) is 0 Å². The molecule has 0 fully saturated rings. The van der Waals surface area contributed by atoms with Gasteiger partial charge in [0, 0.05) is 10.9 Å². The maximum atomic E-state index is 14.3. The molecule has 0 radical (unpaired) electrons. The van der Waals surface area contributed by atoms with Crippen molar-refractivity contribution >= 4 is 11.0 Å². The molecule has 2 nitrogen and oxygen atoms in total. The zero-order valence-corrected chi connectivity index (χ0v) is 11.8. The van der Waals surface area contributed by atoms with E-state index in [-0.39, 0.29) is 5.56 Å². The summed E-state index contributed by atoms with van der Waals surface area (Å²) in [5.74, 6) is -0.644. The summed E-state index contributed by atoms with van der Waals surface area (Å²) in [5.41, 5.74) is 1.08. The fraction of sp³-hybridized carbons (Fsp3) is 0.176. The molecule has 0 saturated carbocycles. The first kappa shape index (κ1) is 13.8. The van der Waals surface area contributed by atoms with Crippen molar-refractivity contribution in [3.8, 4) is 0 Å². The molecule has 0 saturated heterocycles. The number of rotatable bonds is 3. The molecule has 1 unspecified atom stereocenters. The topological polar surface area (TPSA) is 25.2 Å². The van der Waals surface area contributed by atoms with Gasteiger partial charge in [-0.25, -0.2) is 8.78 Å². The van der Waals surface area contributed by atoms with Crippen LogP contribution in [0.3, 0.4) is 0 Å². The predicted octanol–water partition coefficient (Wildman–Crippen LogP) is 4.33. The minimum atomic E-state index is -0.669. The molecule has 0 amide bonds. The van der Waals surface area contributed by atoms with Gasteiger partial charge in [0.1, 0.15) is 23.0 Å². The van der Waals surface area contributed by atoms with Crippen LogP contribution in [0.15, 0.2) is 46.9 Å². The molecule has 0 bridgehead atoms. The molecule has 1 aromatic heterocycles. The van der Waals surface area contributed by atoms with Crippen LogP contribution in [-0.2, 0) is 0 Å². The van der Waals surface area contributed by atoms with Gasteiger partial charge in [0.05, 0.1) is 6.04 Å². The first-order valence-corrected chi connectivity index (χ1v) is 6.72. The summed E-state index contributed by atoms with van der Waals surface area (Å²) in [6.45, 7) is 1.61. The van der Waals surface area contributed by atoms with E-state index in [9.17, 15) is 8.78 Å². The zero-order chi connectivity index (χ0) is 15.0. The van der Waals surface area contributed by atoms with Gasteiger partial charge in [-0.2, -0.15) is 0 Å². The van der Waals surface area contributed by atoms with Crippen LogP contribution < -0.4 is 5.32 Å². The number of furan rings is 1. The Morgan fingerprint density at radius 2 is 1.86 bits per heavy atom. The van der Waals surface area contributed by atoms with Crippen molar-refractivity contribution in [2.75, 3.05) is 7.05 Å². The van der Waals surface area contributed by atoms with Gasteiger partial charge in [0.25, 0.3) is 0 Å². The van der Waals surface area contributed by atoms with Gasteiger partial charge in [-0.05, 0) is 37.7 Å². The van der Waals surface area contributed by atoms with Gasteiger partial charge in [-0.3, -0.25) is 0 Å². The molecule has 1 heterocycles. The number of benzene rings is 2. The molecule has 108 valence electrons. The Morgan fingerprint density at radius 3 is 2.57 bits per heavy atom. The fourth-order valence-corrected chi connectivity index (χ4v) is 2.52. The Bertz CT molecular complexity index is 762. The van der Waals surface area contributed by atoms with Crippen molar-refractivity contribution in [3.05, 3.63) is 71.0 Å². The number of halogens is 2. The third-order valence-corrected chi connectivity index (χ3v) is 3.63. The largest absolute Gasteiger partial charge is 0.459 e. The SMILES string of the molecule is CNC(c1cc2ccccc2o1)c1c(F)ccc(C)c1F. The summed E-state index contributed by atoms with van der Waals surface area (Å²) in [7, 11) is 1.65. The van der Waals surface area contributed by atoms with E-state index >= 15 is 0 Å². The summed E-state index contributed by atoms with van der Waals surface area (Å²) in [6.07, 6.45) is 0. The lowest BCUT2D eigenvalue weighted by molar-refractivity contribution is 0.454. The van der Waals surface area contributed by atoms with Crippen LogP contribution in [0.25, 0.3) is 11.0 Å². The van der Waals surface area contributed by atoms with Crippen molar-refractivity contribution in [2.45, 2.75) is 13.0 Å². The maximum Gasteiger partial charge on any atom is 0.134 e. The number of nitrogens with one attached hydrogen (secondary N) is 1. The summed E-state index contributed by atoms with van der Waals surface area (Å²) >= 11 is 0. The van der Waals surface area contributed by atoms with Gasteiger partial charge in [-0.15, -0.1) is 0 Å². The highest BCUT2D eigenvalue weighted by molar-refractivity contribution is 5.78. The van der Waals surface area contributed by atoms with Crippen LogP contribution in [0.4, 0.5) is 8.78 Å². The second-order valence-electron chi connectivity index (χ2n) is 5.00. The monoisotopic (exact) mass is 287 g/mol. The average Bonchev–Trinajstić information content (AvgIpc) is 2.91. The first-order chi connectivity index (χ1) is 10.1. The van der Waals surface area contributed by atoms with Crippen molar-refractivity contribution in [2.24, 2.45) is 0 Å². The zero-order valence-electron chi connectivity index (χ0n) is 11.8. The molecule has 0 aliphatic rings. The Kier molecular flexibility index (Phi) is 3.47. The molecule has 3 rings (SSSR count). The third-order valence-electron chi connectivity index (χ3n) is 3.63. The normalized spacial score (nSPS) is 12.8. The summed E-state index contributed by atoms with van der Waals surface area (Å²) in [4.78, 5) is 0. The van der Waals surface area contributed by atoms with Crippen molar-refractivity contribution in [1.29, 1.82) is 0 Å². The highest BCUT2D eigenvalue weighted by Crippen LogP contribution is 2.31. The van der Waals surface area contributed by atoms with E-state index < -0.39 is 17.7 Å². The highest BCUT2D eigenvalue weighted by Gasteiger charge is 2.24. The number of hydrogen-bond acceptors (Lipinski definition) is 2. The lowest BCUT2D eigenvalue weighted by atomic mass is 10.0. The van der Waals surface area contributed by atoms with Crippen molar-refractivity contribution < 1.29 is 13.2 Å². The van der Waals surface area contributed by atoms with E-state index in [0.29, 0.717) is 16.9 Å². The molecular weight excluding hydrogens is 272 g/mol. The molecule has 0 spiro atoms. The highest BCUT2D eigenvalue weighted by atomic mass is 19.1. The molecule has 3 aromatic rings. The van der Waals surface area contributed by atoms with Crippen LogP contribution in [0, 0.1) is 18.6 Å². The molecule has 4 heteroatoms. The van der Waals surface area contributed by atoms with Gasteiger partial charge < -0.3 is 9.73 Å². The number of aryl methyl sites for hydroxylation is 1. The van der Waals surface area contributed by atoms with E-state index in [1.54, 1.807) is 20.0 Å². The van der Waals surface area contributed by atoms with Crippen LogP contribution >= 0.6 is 0 Å². The quantitative estimate of drug-likeness (QED) is 0.775. The molecule has 1 N–H and O–H groups in total. The van der Waals surface area contributed by atoms with Gasteiger partial charge in [-0.1, -0.05) is 24.3 Å². The number of fused-ring (bicyclic) bond motifs is 1. The first-order valence-electron chi connectivity index (χ1n) is 6.72. The average molecular weight is 287 g/mol. The van der Waals surface area contributed by atoms with Crippen molar-refractivity contribution in [3.63, 3.8) is 0 Å². The van der Waals surface area contributed by atoms with E-state index in [2.05, 4.69) is 5.32 Å². The van der Waals surface area contributed by atoms with E-state index in [1.807, 2.05) is 24.3 Å². The predicted molar refractivity (Wildman–Crippen MR) is 78.2 cm³/mol. The molecule has 0 aliphatic carbocycles. The standard InChI is InChI=1S/C17H15F2NO/c1-10-7-8-12(18)15(16(10)19)17(20-2)14-9-11-5-3-4-6-13(11)21-14/h3-9,17,20H,1-2H3. The fourth-order valence-electron chi connectivity index (χ4n) is 2.52. The summed E-state index contributed by atoms with van der Waals surface area (Å²) in [5, 5.41) is 3.83. The Balaban J connectivity index is 2.16. The smallest absolute Gasteiger partial charge is 0.134 e. The third kappa shape index (κ3) is 2.32. The Hall–Kier alpha value is -2.20. The second-order valence-corrected chi connectivity index (χ2v) is 5.00. The minimum absolute atomic E-state index is 0.0171. The molecule has 0 aliphatic heterocycles. The van der Waals surface area contributed by atoms with Crippen molar-refractivity contribution in [1.82, 2.24) is 5.32 Å². The Morgan fingerprint density at radius 1 is 1.10 bits per heavy atom. The Labute approximate surface area is 121 Å². The van der Waals surface area contributed by atoms with Crippen LogP contribution in [0.2, 0.25) is 0 Å². The lowest BCUT2D eigenvalue weighted by Gasteiger charge is -2.16. The molecule has 2 aromatic carbocycles. The number of hydrogen-bond donors (Lipinski definition) is 1. The van der Waals surface area contributed by atoms with E-state index in [1.165, 1.54) is 12.1 Å². The van der Waals surface area contributed by atoms with E-state index in [4.69, 9.17) is 4.42 Å². The lowest BCUT2D eigenvalue weighted by Crippen LogP contribution is -2.20. The van der Waals surface area contributed by atoms with Gasteiger partial charge >= 0.3 is 0 Å². The van der Waals surface area contributed by atoms with E-state index in [0.717, 1.165) is 5.39 Å². The molecule has 1 atom stereocenters. The molecular formula is C17H15F2NO. The maximum absolute atomic E-state index is 14.3.